The second-order valence-electron chi connectivity index (χ2n) is 0. The Labute approximate surface area is 57.0 Å². The third-order valence-electron chi connectivity index (χ3n) is 0. The quantitative estimate of drug-likeness (QED) is 0.628. The van der Waals surface area contributed by atoms with Crippen molar-refractivity contribution in [3.63, 3.8) is 0 Å². The van der Waals surface area contributed by atoms with Gasteiger partial charge >= 0.3 is 38.4 Å². The van der Waals surface area contributed by atoms with Crippen molar-refractivity contribution in [3.05, 3.63) is 18.5 Å². The first-order valence-electron chi connectivity index (χ1n) is 0. The van der Waals surface area contributed by atoms with Crippen LogP contribution in [-0.4, -0.2) is 0 Å². The second kappa shape index (κ2) is 70.8. The van der Waals surface area contributed by atoms with Crippen LogP contribution in [0.2, 0.25) is 0 Å². The molecule has 1 radical (unpaired) electrons. The molecule has 0 rings (SSSR count). The van der Waals surface area contributed by atoms with Crippen LogP contribution in [0.1, 0.15) is 0 Å². The molecule has 0 aliphatic rings. The van der Waals surface area contributed by atoms with Crippen LogP contribution >= 0.6 is 0 Å². The molecule has 0 bridgehead atoms. The van der Waals surface area contributed by atoms with E-state index in [1.807, 2.05) is 0 Å². The first kappa shape index (κ1) is 131. The van der Waals surface area contributed by atoms with Gasteiger partial charge in [-0.15, -0.1) is 0 Å². The largest absolute Gasteiger partial charge is 6.00 e. The van der Waals surface area contributed by atoms with Gasteiger partial charge in [-0.3, -0.25) is 0 Å². The van der Waals surface area contributed by atoms with Crippen molar-refractivity contribution in [2.24, 2.45) is 0 Å². The third-order valence-corrected chi connectivity index (χ3v) is 0. The summed E-state index contributed by atoms with van der Waals surface area (Å²) in [5, 5.41) is 0. The van der Waals surface area contributed by atoms with Crippen molar-refractivity contribution < 1.29 is 38.4 Å². The van der Waals surface area contributed by atoms with Crippen LogP contribution in [0, 0.1) is 0 Å². The summed E-state index contributed by atoms with van der Waals surface area (Å²) in [6.45, 7) is 0. The zero-order valence-electron chi connectivity index (χ0n) is 2.16. The summed E-state index contributed by atoms with van der Waals surface area (Å²) < 4.78 is 0. The molecule has 0 spiro atoms. The van der Waals surface area contributed by atoms with E-state index in [9.17, 15) is 0 Å². The van der Waals surface area contributed by atoms with Crippen LogP contribution in [0.5, 0.6) is 0 Å². The Balaban J connectivity index is 0. The molecule has 5 heteroatoms. The van der Waals surface area contributed by atoms with Gasteiger partial charge in [-0.25, -0.2) is 0 Å². The van der Waals surface area contributed by atoms with Crippen molar-refractivity contribution in [1.82, 2.24) is 0 Å². The van der Waals surface area contributed by atoms with E-state index in [0.29, 0.717) is 0 Å². The molecular formula is CrN3W. The van der Waals surface area contributed by atoms with E-state index in [2.05, 4.69) is 0 Å². The number of rotatable bonds is 0. The zero-order valence-corrected chi connectivity index (χ0v) is 6.37. The Hall–Kier alpha value is 1.10. The molecule has 0 amide bonds. The molecule has 0 saturated carbocycles. The monoisotopic (exact) mass is 278 g/mol. The predicted molar refractivity (Wildman–Crippen MR) is 10.1 cm³/mol. The molecule has 27 valence electrons. The van der Waals surface area contributed by atoms with Crippen LogP contribution in [0.3, 0.4) is 0 Å². The second-order valence-corrected chi connectivity index (χ2v) is 0. The van der Waals surface area contributed by atoms with Crippen molar-refractivity contribution >= 4 is 0 Å². The molecule has 0 aromatic carbocycles. The number of nitrogens with zero attached hydrogens (tertiary/aromatic N) is 3. The van der Waals surface area contributed by atoms with E-state index in [-0.39, 0.29) is 56.9 Å². The summed E-state index contributed by atoms with van der Waals surface area (Å²) in [7, 11) is 0. The predicted octanol–water partition coefficient (Wildman–Crippen LogP) is 0.861. The average molecular weight is 278 g/mol. The summed E-state index contributed by atoms with van der Waals surface area (Å²) in [6.07, 6.45) is 0. The molecule has 0 heterocycles. The van der Waals surface area contributed by atoms with E-state index in [1.165, 1.54) is 0 Å². The molecule has 0 unspecified atom stereocenters. The SMILES string of the molecule is [Cr+3].[N-3].[N-3].[N-3].[W+6]. The van der Waals surface area contributed by atoms with Gasteiger partial charge in [0.2, 0.25) is 0 Å². The van der Waals surface area contributed by atoms with Crippen molar-refractivity contribution in [2.75, 3.05) is 0 Å². The molecule has 5 heavy (non-hydrogen) atoms. The summed E-state index contributed by atoms with van der Waals surface area (Å²) in [5.74, 6) is 0. The van der Waals surface area contributed by atoms with E-state index < -0.39 is 0 Å². The van der Waals surface area contributed by atoms with Gasteiger partial charge in [-0.1, -0.05) is 0 Å². The standard InChI is InChI=1S/Cr.3N.W/q+3;3*-3;+6. The van der Waals surface area contributed by atoms with Gasteiger partial charge in [0.1, 0.15) is 0 Å². The van der Waals surface area contributed by atoms with Gasteiger partial charge in [0.05, 0.1) is 0 Å². The molecule has 3 nitrogen and oxygen atoms in total. The smallest absolute Gasteiger partial charge is 3.00 e. The van der Waals surface area contributed by atoms with Gasteiger partial charge in [-0.05, 0) is 0 Å². The maximum atomic E-state index is 0. The van der Waals surface area contributed by atoms with Gasteiger partial charge in [0.15, 0.2) is 0 Å². The van der Waals surface area contributed by atoms with Crippen molar-refractivity contribution in [2.45, 2.75) is 0 Å². The van der Waals surface area contributed by atoms with Crippen LogP contribution in [0.15, 0.2) is 0 Å². The van der Waals surface area contributed by atoms with Crippen LogP contribution < -0.4 is 0 Å². The Morgan fingerprint density at radius 1 is 0.600 bits per heavy atom. The minimum atomic E-state index is 0. The van der Waals surface area contributed by atoms with Gasteiger partial charge in [0.25, 0.3) is 0 Å². The molecule has 0 saturated heterocycles. The van der Waals surface area contributed by atoms with Gasteiger partial charge in [-0.2, -0.15) is 0 Å². The third kappa shape index (κ3) is 40.5. The van der Waals surface area contributed by atoms with E-state index >= 15 is 0 Å². The van der Waals surface area contributed by atoms with E-state index in [0.717, 1.165) is 0 Å². The van der Waals surface area contributed by atoms with Crippen molar-refractivity contribution in [1.29, 1.82) is 0 Å². The number of hydrogen-bond acceptors (Lipinski definition) is 0. The zero-order chi connectivity index (χ0) is 0. The molecule has 0 fully saturated rings. The summed E-state index contributed by atoms with van der Waals surface area (Å²) >= 11 is 0. The van der Waals surface area contributed by atoms with E-state index in [1.54, 1.807) is 0 Å². The minimum absolute atomic E-state index is 0. The fourth-order valence-electron chi connectivity index (χ4n) is 0. The molecule has 0 aromatic rings. The normalized spacial score (nSPS) is 0. The Morgan fingerprint density at radius 2 is 0.600 bits per heavy atom. The number of hydrogen-bond donors (Lipinski definition) is 0. The summed E-state index contributed by atoms with van der Waals surface area (Å²) in [4.78, 5) is 0. The molecule has 0 aliphatic heterocycles. The first-order chi connectivity index (χ1) is 0. The maximum absolute atomic E-state index is 0. The van der Waals surface area contributed by atoms with Gasteiger partial charge in [0, 0.05) is 0 Å². The van der Waals surface area contributed by atoms with Crippen molar-refractivity contribution in [3.8, 4) is 0 Å². The summed E-state index contributed by atoms with van der Waals surface area (Å²) in [6, 6.07) is 0. The molecule has 0 N–H and O–H groups in total. The fourth-order valence-corrected chi connectivity index (χ4v) is 0. The topological polar surface area (TPSA) is 91.5 Å². The molecule has 0 aliphatic carbocycles. The van der Waals surface area contributed by atoms with Crippen LogP contribution in [0.4, 0.5) is 0 Å². The fraction of sp³-hybridized carbons (Fsp3) is 0. The van der Waals surface area contributed by atoms with Crippen LogP contribution in [-0.2, 0) is 38.4 Å². The molecule has 0 atom stereocenters. The molecular weight excluding hydrogens is 278 g/mol. The average Bonchev–Trinajstić information content (AvgIpc) is 0. The molecule has 0 aromatic heterocycles. The summed E-state index contributed by atoms with van der Waals surface area (Å²) in [5.41, 5.74) is 0. The van der Waals surface area contributed by atoms with E-state index in [4.69, 9.17) is 0 Å². The van der Waals surface area contributed by atoms with Crippen LogP contribution in [0.25, 0.3) is 18.5 Å². The Morgan fingerprint density at radius 3 is 0.600 bits per heavy atom. The minimum Gasteiger partial charge on any atom is -3.00 e. The Bertz CT molecular complexity index is 6.85. The van der Waals surface area contributed by atoms with Gasteiger partial charge < -0.3 is 18.5 Å². The first-order valence-corrected chi connectivity index (χ1v) is 0. The Kier molecular flexibility index (Phi) is 1850. The maximum Gasteiger partial charge on any atom is 6.00 e.